The highest BCUT2D eigenvalue weighted by molar-refractivity contribution is 5.76. The van der Waals surface area contributed by atoms with Crippen molar-refractivity contribution in [2.45, 2.75) is 25.6 Å². The van der Waals surface area contributed by atoms with Gasteiger partial charge in [0.05, 0.1) is 0 Å². The van der Waals surface area contributed by atoms with E-state index >= 15 is 0 Å². The number of anilines is 1. The molecule has 0 aliphatic carbocycles. The van der Waals surface area contributed by atoms with Gasteiger partial charge in [-0.15, -0.1) is 0 Å². The molecular formula is C22H31N5O. The van der Waals surface area contributed by atoms with E-state index in [0.29, 0.717) is 13.0 Å². The first-order valence-corrected chi connectivity index (χ1v) is 9.87. The number of hydrogen-bond donors (Lipinski definition) is 1. The lowest BCUT2D eigenvalue weighted by molar-refractivity contribution is -0.122. The Labute approximate surface area is 168 Å². The van der Waals surface area contributed by atoms with Gasteiger partial charge >= 0.3 is 0 Å². The maximum absolute atomic E-state index is 12.5. The summed E-state index contributed by atoms with van der Waals surface area (Å²) in [5.41, 5.74) is 2.26. The van der Waals surface area contributed by atoms with E-state index in [4.69, 9.17) is 0 Å². The summed E-state index contributed by atoms with van der Waals surface area (Å²) < 4.78 is 0. The van der Waals surface area contributed by atoms with Crippen molar-refractivity contribution < 1.29 is 4.79 Å². The van der Waals surface area contributed by atoms with E-state index in [-0.39, 0.29) is 11.9 Å². The van der Waals surface area contributed by atoms with E-state index in [9.17, 15) is 4.79 Å². The molecule has 2 aromatic rings. The van der Waals surface area contributed by atoms with Crippen LogP contribution in [0.1, 0.15) is 17.5 Å². The molecule has 28 heavy (non-hydrogen) atoms. The molecule has 1 aliphatic heterocycles. The fourth-order valence-electron chi connectivity index (χ4n) is 3.65. The smallest absolute Gasteiger partial charge is 0.221 e. The van der Waals surface area contributed by atoms with Crippen LogP contribution >= 0.6 is 0 Å². The van der Waals surface area contributed by atoms with E-state index < -0.39 is 0 Å². The Hall–Kier alpha value is -2.44. The number of nitrogens with one attached hydrogen (secondary N) is 1. The Morgan fingerprint density at radius 1 is 1.18 bits per heavy atom. The van der Waals surface area contributed by atoms with Crippen molar-refractivity contribution in [1.82, 2.24) is 20.1 Å². The number of piperazine rings is 1. The molecule has 6 nitrogen and oxygen atoms in total. The minimum Gasteiger partial charge on any atom is -0.355 e. The van der Waals surface area contributed by atoms with Gasteiger partial charge in [-0.05, 0) is 25.7 Å². The molecule has 2 heterocycles. The lowest BCUT2D eigenvalue weighted by Crippen LogP contribution is -2.51. The summed E-state index contributed by atoms with van der Waals surface area (Å²) in [5.74, 6) is 0.994. The second-order valence-electron chi connectivity index (χ2n) is 7.71. The van der Waals surface area contributed by atoms with Gasteiger partial charge in [0, 0.05) is 64.0 Å². The zero-order valence-corrected chi connectivity index (χ0v) is 17.1. The molecule has 3 rings (SSSR count). The molecule has 0 unspecified atom stereocenters. The quantitative estimate of drug-likeness (QED) is 0.795. The summed E-state index contributed by atoms with van der Waals surface area (Å²) in [6.07, 6.45) is 2.32. The monoisotopic (exact) mass is 381 g/mol. The van der Waals surface area contributed by atoms with Crippen LogP contribution < -0.4 is 10.2 Å². The van der Waals surface area contributed by atoms with Crippen molar-refractivity contribution in [3.05, 3.63) is 59.8 Å². The number of likely N-dealkylation sites (N-methyl/N-ethyl adjacent to an activating group) is 2. The molecule has 1 N–H and O–H groups in total. The second kappa shape index (κ2) is 9.66. The number of aromatic nitrogens is 1. The largest absolute Gasteiger partial charge is 0.355 e. The van der Waals surface area contributed by atoms with Gasteiger partial charge in [-0.25, -0.2) is 4.98 Å². The molecule has 1 amide bonds. The molecule has 0 saturated carbocycles. The number of nitrogens with zero attached hydrogens (tertiary/aromatic N) is 4. The number of pyridine rings is 1. The van der Waals surface area contributed by atoms with Crippen molar-refractivity contribution >= 4 is 11.7 Å². The number of carbonyl (C=O) groups is 1. The first kappa shape index (κ1) is 20.3. The lowest BCUT2D eigenvalue weighted by Gasteiger charge is -2.37. The van der Waals surface area contributed by atoms with Crippen LogP contribution in [-0.2, 0) is 17.9 Å². The molecule has 1 atom stereocenters. The van der Waals surface area contributed by atoms with Crippen molar-refractivity contribution in [3.63, 3.8) is 0 Å². The van der Waals surface area contributed by atoms with Gasteiger partial charge in [0.15, 0.2) is 0 Å². The highest BCUT2D eigenvalue weighted by Gasteiger charge is 2.24. The third-order valence-corrected chi connectivity index (χ3v) is 5.37. The molecule has 0 spiro atoms. The average molecular weight is 382 g/mol. The normalized spacial score (nSPS) is 18.0. The van der Waals surface area contributed by atoms with E-state index in [0.717, 1.165) is 37.6 Å². The predicted octanol–water partition coefficient (Wildman–Crippen LogP) is 1.97. The highest BCUT2D eigenvalue weighted by Crippen LogP contribution is 2.18. The van der Waals surface area contributed by atoms with E-state index in [1.165, 1.54) is 5.56 Å². The van der Waals surface area contributed by atoms with Crippen LogP contribution in [-0.4, -0.2) is 67.5 Å². The summed E-state index contributed by atoms with van der Waals surface area (Å²) in [4.78, 5) is 23.8. The summed E-state index contributed by atoms with van der Waals surface area (Å²) in [6, 6.07) is 14.6. The molecule has 6 heteroatoms. The summed E-state index contributed by atoms with van der Waals surface area (Å²) in [6.45, 7) is 4.26. The lowest BCUT2D eigenvalue weighted by atomic mass is 10.1. The van der Waals surface area contributed by atoms with E-state index in [2.05, 4.69) is 51.2 Å². The van der Waals surface area contributed by atoms with Crippen molar-refractivity contribution in [1.29, 1.82) is 0 Å². The van der Waals surface area contributed by atoms with Gasteiger partial charge in [0.25, 0.3) is 0 Å². The van der Waals surface area contributed by atoms with Crippen molar-refractivity contribution in [2.24, 2.45) is 0 Å². The number of amides is 1. The van der Waals surface area contributed by atoms with Crippen molar-refractivity contribution in [3.8, 4) is 0 Å². The topological polar surface area (TPSA) is 51.7 Å². The van der Waals surface area contributed by atoms with Crippen LogP contribution in [0.2, 0.25) is 0 Å². The van der Waals surface area contributed by atoms with E-state index in [1.54, 1.807) is 6.20 Å². The fraction of sp³-hybridized carbons (Fsp3) is 0.455. The molecule has 1 saturated heterocycles. The van der Waals surface area contributed by atoms with Gasteiger partial charge in [-0.3, -0.25) is 4.79 Å². The number of carbonyl (C=O) groups excluding carboxylic acids is 1. The van der Waals surface area contributed by atoms with Crippen LogP contribution in [0, 0.1) is 0 Å². The Morgan fingerprint density at radius 2 is 1.96 bits per heavy atom. The average Bonchev–Trinajstić information content (AvgIpc) is 2.70. The molecule has 1 fully saturated rings. The maximum Gasteiger partial charge on any atom is 0.221 e. The molecule has 1 aromatic carbocycles. The Bertz CT molecular complexity index is 767. The molecule has 150 valence electrons. The fourth-order valence-corrected chi connectivity index (χ4v) is 3.65. The van der Waals surface area contributed by atoms with Gasteiger partial charge in [0.2, 0.25) is 5.91 Å². The molecule has 0 bridgehead atoms. The predicted molar refractivity (Wildman–Crippen MR) is 113 cm³/mol. The molecule has 1 aromatic heterocycles. The number of rotatable bonds is 7. The standard InChI is InChI=1S/C22H31N5O/c1-25-12-13-26(2)20(17-25)14-21(28)24-15-19-10-7-11-23-22(19)27(3)16-18-8-5-4-6-9-18/h4-11,20H,12-17H2,1-3H3,(H,24,28)/t20-/m0/s1. The molecule has 1 aliphatic rings. The molecular weight excluding hydrogens is 350 g/mol. The highest BCUT2D eigenvalue weighted by atomic mass is 16.1. The minimum atomic E-state index is 0.0904. The van der Waals surface area contributed by atoms with Gasteiger partial charge in [0.1, 0.15) is 5.82 Å². The zero-order valence-electron chi connectivity index (χ0n) is 17.1. The maximum atomic E-state index is 12.5. The first-order chi connectivity index (χ1) is 13.5. The third kappa shape index (κ3) is 5.53. The number of hydrogen-bond acceptors (Lipinski definition) is 5. The Kier molecular flexibility index (Phi) is 7.01. The van der Waals surface area contributed by atoms with E-state index in [1.807, 2.05) is 37.4 Å². The number of benzene rings is 1. The molecule has 0 radical (unpaired) electrons. The Morgan fingerprint density at radius 3 is 2.75 bits per heavy atom. The first-order valence-electron chi connectivity index (χ1n) is 9.87. The third-order valence-electron chi connectivity index (χ3n) is 5.37. The minimum absolute atomic E-state index is 0.0904. The van der Waals surface area contributed by atoms with Crippen LogP contribution in [0.5, 0.6) is 0 Å². The van der Waals surface area contributed by atoms with Crippen molar-refractivity contribution in [2.75, 3.05) is 45.7 Å². The van der Waals surface area contributed by atoms with Crippen LogP contribution in [0.3, 0.4) is 0 Å². The van der Waals surface area contributed by atoms with Crippen LogP contribution in [0.25, 0.3) is 0 Å². The van der Waals surface area contributed by atoms with Gasteiger partial charge in [-0.1, -0.05) is 36.4 Å². The van der Waals surface area contributed by atoms with Gasteiger partial charge in [-0.2, -0.15) is 0 Å². The van der Waals surface area contributed by atoms with Crippen LogP contribution in [0.4, 0.5) is 5.82 Å². The zero-order chi connectivity index (χ0) is 19.9. The summed E-state index contributed by atoms with van der Waals surface area (Å²) >= 11 is 0. The Balaban J connectivity index is 1.58. The summed E-state index contributed by atoms with van der Waals surface area (Å²) in [7, 11) is 6.25. The van der Waals surface area contributed by atoms with Gasteiger partial charge < -0.3 is 20.0 Å². The second-order valence-corrected chi connectivity index (χ2v) is 7.71. The summed E-state index contributed by atoms with van der Waals surface area (Å²) in [5, 5.41) is 3.09. The SMILES string of the molecule is CN1CCN(C)[C@@H](CC(=O)NCc2cccnc2N(C)Cc2ccccc2)C1. The van der Waals surface area contributed by atoms with Crippen LogP contribution in [0.15, 0.2) is 48.7 Å².